The summed E-state index contributed by atoms with van der Waals surface area (Å²) in [7, 11) is -3.53. The van der Waals surface area contributed by atoms with E-state index in [-0.39, 0.29) is 22.9 Å². The molecule has 138 valence electrons. The van der Waals surface area contributed by atoms with Gasteiger partial charge in [-0.15, -0.1) is 0 Å². The van der Waals surface area contributed by atoms with Crippen LogP contribution in [0.4, 0.5) is 0 Å². The second-order valence-corrected chi connectivity index (χ2v) is 8.84. The highest BCUT2D eigenvalue weighted by molar-refractivity contribution is 7.89. The van der Waals surface area contributed by atoms with Crippen LogP contribution in [-0.2, 0) is 10.0 Å². The molecule has 0 heterocycles. The highest BCUT2D eigenvalue weighted by Crippen LogP contribution is 2.26. The summed E-state index contributed by atoms with van der Waals surface area (Å²) in [5.74, 6) is -0.317. The largest absolute Gasteiger partial charge is 0.345 e. The zero-order valence-electron chi connectivity index (χ0n) is 14.0. The maximum atomic E-state index is 12.4. The number of amides is 1. The molecule has 3 rings (SSSR count). The monoisotopic (exact) mass is 412 g/mol. The Labute approximate surface area is 162 Å². The number of carbonyl (C=O) groups excluding carboxylic acids is 1. The number of halogens is 2. The normalized spacial score (nSPS) is 15.5. The smallest absolute Gasteiger partial charge is 0.251 e. The third-order valence-corrected chi connectivity index (χ3v) is 6.20. The van der Waals surface area contributed by atoms with Crippen molar-refractivity contribution in [2.75, 3.05) is 0 Å². The van der Waals surface area contributed by atoms with Crippen molar-refractivity contribution in [1.29, 1.82) is 0 Å². The Bertz CT molecular complexity index is 926. The Hall–Kier alpha value is -1.60. The molecule has 8 heteroatoms. The fraction of sp³-hybridized carbons (Fsp3) is 0.278. The number of hydrogen-bond donors (Lipinski definition) is 2. The summed E-state index contributed by atoms with van der Waals surface area (Å²) in [5.41, 5.74) is 1.12. The molecule has 26 heavy (non-hydrogen) atoms. The SMILES string of the molecule is C[C@@H](NC(=O)c1ccc(S(=O)(=O)NC2CC2)cc1)c1ccc(Cl)cc1Cl. The van der Waals surface area contributed by atoms with E-state index in [1.807, 2.05) is 6.92 Å². The number of benzene rings is 2. The maximum Gasteiger partial charge on any atom is 0.251 e. The summed E-state index contributed by atoms with van der Waals surface area (Å²) in [6, 6.07) is 10.6. The van der Waals surface area contributed by atoms with Gasteiger partial charge in [0, 0.05) is 21.7 Å². The lowest BCUT2D eigenvalue weighted by Gasteiger charge is -2.16. The first-order valence-electron chi connectivity index (χ1n) is 8.14. The van der Waals surface area contributed by atoms with Gasteiger partial charge in [0.15, 0.2) is 0 Å². The van der Waals surface area contributed by atoms with Gasteiger partial charge in [0.1, 0.15) is 0 Å². The molecule has 0 unspecified atom stereocenters. The first kappa shape index (κ1) is 19.2. The van der Waals surface area contributed by atoms with Gasteiger partial charge in [0.2, 0.25) is 10.0 Å². The molecule has 1 fully saturated rings. The van der Waals surface area contributed by atoms with Gasteiger partial charge < -0.3 is 5.32 Å². The average molecular weight is 413 g/mol. The summed E-state index contributed by atoms with van der Waals surface area (Å²) in [6.07, 6.45) is 1.73. The van der Waals surface area contributed by atoms with Gasteiger partial charge in [-0.2, -0.15) is 0 Å². The minimum absolute atomic E-state index is 0.0351. The van der Waals surface area contributed by atoms with E-state index in [0.717, 1.165) is 18.4 Å². The summed E-state index contributed by atoms with van der Waals surface area (Å²) < 4.78 is 26.9. The second-order valence-electron chi connectivity index (χ2n) is 6.28. The van der Waals surface area contributed by atoms with Crippen LogP contribution in [0.15, 0.2) is 47.4 Å². The maximum absolute atomic E-state index is 12.4. The quantitative estimate of drug-likeness (QED) is 0.754. The molecule has 2 aromatic carbocycles. The fourth-order valence-electron chi connectivity index (χ4n) is 2.48. The first-order chi connectivity index (χ1) is 12.3. The lowest BCUT2D eigenvalue weighted by Crippen LogP contribution is -2.27. The van der Waals surface area contributed by atoms with Gasteiger partial charge in [0.05, 0.1) is 10.9 Å². The molecule has 0 spiro atoms. The van der Waals surface area contributed by atoms with Crippen LogP contribution in [0, 0.1) is 0 Å². The summed E-state index contributed by atoms with van der Waals surface area (Å²) in [6.45, 7) is 1.81. The summed E-state index contributed by atoms with van der Waals surface area (Å²) in [5, 5.41) is 3.83. The molecule has 1 aliphatic rings. The van der Waals surface area contributed by atoms with Crippen LogP contribution in [0.3, 0.4) is 0 Å². The third kappa shape index (κ3) is 4.57. The molecule has 0 aromatic heterocycles. The number of sulfonamides is 1. The highest BCUT2D eigenvalue weighted by Gasteiger charge is 2.28. The topological polar surface area (TPSA) is 75.3 Å². The Kier molecular flexibility index (Phi) is 5.58. The van der Waals surface area contributed by atoms with Crippen LogP contribution < -0.4 is 10.0 Å². The average Bonchev–Trinajstić information content (AvgIpc) is 3.38. The van der Waals surface area contributed by atoms with E-state index in [2.05, 4.69) is 10.0 Å². The molecule has 0 aliphatic heterocycles. The third-order valence-electron chi connectivity index (χ3n) is 4.10. The van der Waals surface area contributed by atoms with E-state index in [0.29, 0.717) is 15.6 Å². The molecule has 1 saturated carbocycles. The number of hydrogen-bond acceptors (Lipinski definition) is 3. The highest BCUT2D eigenvalue weighted by atomic mass is 35.5. The Morgan fingerprint density at radius 3 is 2.35 bits per heavy atom. The predicted octanol–water partition coefficient (Wildman–Crippen LogP) is 3.93. The molecule has 1 aliphatic carbocycles. The van der Waals surface area contributed by atoms with E-state index in [1.54, 1.807) is 18.2 Å². The predicted molar refractivity (Wildman–Crippen MR) is 102 cm³/mol. The standard InChI is InChI=1S/C18H18Cl2N2O3S/c1-11(16-9-4-13(19)10-17(16)20)21-18(23)12-2-7-15(8-3-12)26(24,25)22-14-5-6-14/h2-4,7-11,14,22H,5-6H2,1H3,(H,21,23)/t11-/m1/s1. The minimum Gasteiger partial charge on any atom is -0.345 e. The Balaban J connectivity index is 1.69. The van der Waals surface area contributed by atoms with Crippen LogP contribution in [0.5, 0.6) is 0 Å². The second kappa shape index (κ2) is 7.56. The van der Waals surface area contributed by atoms with Gasteiger partial charge in [-0.3, -0.25) is 4.79 Å². The van der Waals surface area contributed by atoms with Crippen LogP contribution in [0.2, 0.25) is 10.0 Å². The van der Waals surface area contributed by atoms with Gasteiger partial charge in [0.25, 0.3) is 5.91 Å². The van der Waals surface area contributed by atoms with Crippen molar-refractivity contribution in [3.8, 4) is 0 Å². The van der Waals surface area contributed by atoms with Crippen LogP contribution in [-0.4, -0.2) is 20.4 Å². The van der Waals surface area contributed by atoms with Crippen LogP contribution in [0.25, 0.3) is 0 Å². The lowest BCUT2D eigenvalue weighted by atomic mass is 10.1. The zero-order valence-corrected chi connectivity index (χ0v) is 16.3. The first-order valence-corrected chi connectivity index (χ1v) is 10.4. The van der Waals surface area contributed by atoms with E-state index in [4.69, 9.17) is 23.2 Å². The van der Waals surface area contributed by atoms with Crippen molar-refractivity contribution < 1.29 is 13.2 Å². The molecule has 2 aromatic rings. The Morgan fingerprint density at radius 2 is 1.77 bits per heavy atom. The summed E-state index contributed by atoms with van der Waals surface area (Å²) in [4.78, 5) is 12.6. The van der Waals surface area contributed by atoms with Gasteiger partial charge in [-0.05, 0) is 61.7 Å². The van der Waals surface area contributed by atoms with Gasteiger partial charge >= 0.3 is 0 Å². The molecular weight excluding hydrogens is 395 g/mol. The van der Waals surface area contributed by atoms with E-state index < -0.39 is 10.0 Å². The van der Waals surface area contributed by atoms with Gasteiger partial charge in [-0.25, -0.2) is 13.1 Å². The van der Waals surface area contributed by atoms with E-state index in [1.165, 1.54) is 24.3 Å². The molecule has 1 atom stereocenters. The molecule has 0 saturated heterocycles. The van der Waals surface area contributed by atoms with Crippen LogP contribution >= 0.6 is 23.2 Å². The molecule has 0 radical (unpaired) electrons. The van der Waals surface area contributed by atoms with Crippen molar-refractivity contribution in [3.05, 3.63) is 63.6 Å². The Morgan fingerprint density at radius 1 is 1.12 bits per heavy atom. The molecule has 2 N–H and O–H groups in total. The molecule has 0 bridgehead atoms. The minimum atomic E-state index is -3.53. The van der Waals surface area contributed by atoms with Crippen molar-refractivity contribution in [3.63, 3.8) is 0 Å². The van der Waals surface area contributed by atoms with Crippen molar-refractivity contribution >= 4 is 39.1 Å². The van der Waals surface area contributed by atoms with Crippen molar-refractivity contribution in [2.45, 2.75) is 36.7 Å². The van der Waals surface area contributed by atoms with Crippen molar-refractivity contribution in [1.82, 2.24) is 10.0 Å². The zero-order chi connectivity index (χ0) is 18.9. The lowest BCUT2D eigenvalue weighted by molar-refractivity contribution is 0.0940. The van der Waals surface area contributed by atoms with Crippen LogP contribution in [0.1, 0.15) is 41.7 Å². The number of carbonyl (C=O) groups is 1. The molecule has 1 amide bonds. The van der Waals surface area contributed by atoms with E-state index >= 15 is 0 Å². The molecule has 5 nitrogen and oxygen atoms in total. The number of rotatable bonds is 6. The molecular formula is C18H18Cl2N2O3S. The fourth-order valence-corrected chi connectivity index (χ4v) is 4.36. The van der Waals surface area contributed by atoms with Gasteiger partial charge in [-0.1, -0.05) is 29.3 Å². The van der Waals surface area contributed by atoms with Crippen molar-refractivity contribution in [2.24, 2.45) is 0 Å². The number of nitrogens with one attached hydrogen (secondary N) is 2. The summed E-state index contributed by atoms with van der Waals surface area (Å²) >= 11 is 12.0. The van der Waals surface area contributed by atoms with E-state index in [9.17, 15) is 13.2 Å².